The summed E-state index contributed by atoms with van der Waals surface area (Å²) in [5.41, 5.74) is 2.57. The summed E-state index contributed by atoms with van der Waals surface area (Å²) >= 11 is 0. The summed E-state index contributed by atoms with van der Waals surface area (Å²) < 4.78 is 56.7. The van der Waals surface area contributed by atoms with Gasteiger partial charge in [-0.1, -0.05) is 12.1 Å². The molecule has 0 aliphatic carbocycles. The van der Waals surface area contributed by atoms with Crippen molar-refractivity contribution in [1.82, 2.24) is 5.32 Å². The number of ether oxygens (including phenoxy) is 3. The predicted molar refractivity (Wildman–Crippen MR) is 151 cm³/mol. The number of benzene rings is 3. The highest BCUT2D eigenvalue weighted by molar-refractivity contribution is 5.82. The van der Waals surface area contributed by atoms with Crippen LogP contribution in [0.1, 0.15) is 16.7 Å². The van der Waals surface area contributed by atoms with Crippen molar-refractivity contribution in [2.45, 2.75) is 25.1 Å². The minimum atomic E-state index is -4.45. The zero-order chi connectivity index (χ0) is 29.1. The summed E-state index contributed by atoms with van der Waals surface area (Å²) in [5, 5.41) is 3.05. The van der Waals surface area contributed by atoms with Gasteiger partial charge in [0.2, 0.25) is 5.91 Å². The number of anilines is 2. The van der Waals surface area contributed by atoms with Crippen LogP contribution in [0.3, 0.4) is 0 Å². The van der Waals surface area contributed by atoms with E-state index in [1.54, 1.807) is 27.4 Å². The fraction of sp³-hybridized carbons (Fsp3) is 0.387. The fourth-order valence-electron chi connectivity index (χ4n) is 5.84. The molecule has 2 aliphatic rings. The largest absolute Gasteiger partial charge is 0.497 e. The Balaban J connectivity index is 1.37. The van der Waals surface area contributed by atoms with Gasteiger partial charge in [0.25, 0.3) is 0 Å². The van der Waals surface area contributed by atoms with Gasteiger partial charge in [-0.3, -0.25) is 4.79 Å². The lowest BCUT2D eigenvalue weighted by Gasteiger charge is -2.49. The molecular weight excluding hydrogens is 535 g/mol. The Hall–Kier alpha value is -4.08. The van der Waals surface area contributed by atoms with Gasteiger partial charge in [-0.25, -0.2) is 0 Å². The summed E-state index contributed by atoms with van der Waals surface area (Å²) in [6.07, 6.45) is -3.65. The van der Waals surface area contributed by atoms with E-state index < -0.39 is 17.7 Å². The maximum absolute atomic E-state index is 13.7. The van der Waals surface area contributed by atoms with Crippen LogP contribution in [0.2, 0.25) is 0 Å². The van der Waals surface area contributed by atoms with E-state index in [0.717, 1.165) is 28.8 Å². The topological polar surface area (TPSA) is 63.3 Å². The number of nitrogens with one attached hydrogen (secondary N) is 1. The van der Waals surface area contributed by atoms with Gasteiger partial charge in [-0.2, -0.15) is 13.2 Å². The van der Waals surface area contributed by atoms with Crippen molar-refractivity contribution in [2.24, 2.45) is 5.92 Å². The summed E-state index contributed by atoms with van der Waals surface area (Å²) in [6.45, 7) is 2.18. The van der Waals surface area contributed by atoms with Gasteiger partial charge in [0.1, 0.15) is 5.75 Å². The quantitative estimate of drug-likeness (QED) is 0.414. The molecule has 7 nitrogen and oxygen atoms in total. The van der Waals surface area contributed by atoms with E-state index in [4.69, 9.17) is 14.2 Å². The molecule has 2 atom stereocenters. The monoisotopic (exact) mass is 569 g/mol. The number of amides is 1. The van der Waals surface area contributed by atoms with Crippen LogP contribution in [0.15, 0.2) is 60.7 Å². The van der Waals surface area contributed by atoms with Gasteiger partial charge < -0.3 is 29.3 Å². The van der Waals surface area contributed by atoms with Crippen molar-refractivity contribution in [2.75, 3.05) is 57.3 Å². The van der Waals surface area contributed by atoms with Crippen molar-refractivity contribution in [3.63, 3.8) is 0 Å². The van der Waals surface area contributed by atoms with E-state index in [1.807, 2.05) is 42.5 Å². The van der Waals surface area contributed by atoms with Crippen LogP contribution in [0, 0.1) is 5.92 Å². The van der Waals surface area contributed by atoms with Crippen LogP contribution in [0.4, 0.5) is 24.5 Å². The highest BCUT2D eigenvalue weighted by Gasteiger charge is 2.42. The Bertz CT molecular complexity index is 1400. The number of methoxy groups -OCH3 is 3. The van der Waals surface area contributed by atoms with Crippen molar-refractivity contribution >= 4 is 17.3 Å². The Labute approximate surface area is 237 Å². The van der Waals surface area contributed by atoms with Crippen LogP contribution >= 0.6 is 0 Å². The van der Waals surface area contributed by atoms with E-state index >= 15 is 0 Å². The minimum absolute atomic E-state index is 0.170. The zero-order valence-corrected chi connectivity index (χ0v) is 23.3. The number of carbonyl (C=O) groups excluding carboxylic acids is 1. The normalized spacial score (nSPS) is 18.3. The maximum Gasteiger partial charge on any atom is 0.416 e. The van der Waals surface area contributed by atoms with E-state index in [1.165, 1.54) is 6.07 Å². The molecule has 0 bridgehead atoms. The molecule has 1 amide bonds. The minimum Gasteiger partial charge on any atom is -0.497 e. The van der Waals surface area contributed by atoms with Crippen molar-refractivity contribution < 1.29 is 32.2 Å². The molecule has 10 heteroatoms. The Kier molecular flexibility index (Phi) is 8.19. The first-order valence-electron chi connectivity index (χ1n) is 13.6. The highest BCUT2D eigenvalue weighted by atomic mass is 19.4. The number of alkyl halides is 3. The number of rotatable bonds is 8. The summed E-state index contributed by atoms with van der Waals surface area (Å²) in [5.74, 6) is 1.28. The molecule has 1 saturated heterocycles. The number of halogens is 3. The SMILES string of the molecule is COc1cccc(N2CCN3c4ccc(C(F)(F)F)cc4CC(C(=O)NCCc4ccc(OC)c(OC)c4)C3C2)c1. The van der Waals surface area contributed by atoms with Gasteiger partial charge in [0, 0.05) is 43.6 Å². The van der Waals surface area contributed by atoms with Crippen LogP contribution < -0.4 is 29.3 Å². The lowest BCUT2D eigenvalue weighted by atomic mass is 9.82. The van der Waals surface area contributed by atoms with E-state index in [2.05, 4.69) is 15.1 Å². The molecule has 0 aromatic heterocycles. The zero-order valence-electron chi connectivity index (χ0n) is 23.3. The summed E-state index contributed by atoms with van der Waals surface area (Å²) in [7, 11) is 4.76. The third kappa shape index (κ3) is 6.01. The Morgan fingerprint density at radius 2 is 1.76 bits per heavy atom. The van der Waals surface area contributed by atoms with Crippen molar-refractivity contribution in [1.29, 1.82) is 0 Å². The average Bonchev–Trinajstić information content (AvgIpc) is 2.99. The molecule has 2 heterocycles. The molecule has 2 unspecified atom stereocenters. The van der Waals surface area contributed by atoms with Gasteiger partial charge in [0.15, 0.2) is 11.5 Å². The van der Waals surface area contributed by atoms with Crippen LogP contribution in [0.5, 0.6) is 17.2 Å². The number of hydrogen-bond acceptors (Lipinski definition) is 6. The highest BCUT2D eigenvalue weighted by Crippen LogP contribution is 2.40. The Morgan fingerprint density at radius 1 is 0.951 bits per heavy atom. The molecule has 41 heavy (non-hydrogen) atoms. The fourth-order valence-corrected chi connectivity index (χ4v) is 5.84. The first kappa shape index (κ1) is 28.4. The molecule has 5 rings (SSSR count). The van der Waals surface area contributed by atoms with Gasteiger partial charge in [0.05, 0.1) is 38.9 Å². The van der Waals surface area contributed by atoms with Gasteiger partial charge in [-0.05, 0) is 66.4 Å². The van der Waals surface area contributed by atoms with E-state index in [-0.39, 0.29) is 18.4 Å². The molecular formula is C31H34F3N3O4. The van der Waals surface area contributed by atoms with Gasteiger partial charge >= 0.3 is 6.18 Å². The van der Waals surface area contributed by atoms with Crippen molar-refractivity contribution in [3.8, 4) is 17.2 Å². The van der Waals surface area contributed by atoms with Crippen LogP contribution in [-0.4, -0.2) is 59.5 Å². The number of hydrogen-bond donors (Lipinski definition) is 1. The molecule has 218 valence electrons. The molecule has 3 aromatic rings. The first-order valence-corrected chi connectivity index (χ1v) is 13.6. The smallest absolute Gasteiger partial charge is 0.416 e. The first-order chi connectivity index (χ1) is 19.7. The van der Waals surface area contributed by atoms with E-state index in [9.17, 15) is 18.0 Å². The van der Waals surface area contributed by atoms with Crippen molar-refractivity contribution in [3.05, 3.63) is 77.4 Å². The number of nitrogens with zero attached hydrogens (tertiary/aromatic N) is 2. The molecule has 0 saturated carbocycles. The average molecular weight is 570 g/mol. The third-order valence-corrected chi connectivity index (χ3v) is 7.96. The second-order valence-electron chi connectivity index (χ2n) is 10.3. The predicted octanol–water partition coefficient (Wildman–Crippen LogP) is 4.96. The van der Waals surface area contributed by atoms with Gasteiger partial charge in [-0.15, -0.1) is 0 Å². The number of fused-ring (bicyclic) bond motifs is 3. The molecule has 2 aliphatic heterocycles. The molecule has 1 fully saturated rings. The number of piperazine rings is 1. The lowest BCUT2D eigenvalue weighted by Crippen LogP contribution is -2.61. The summed E-state index contributed by atoms with van der Waals surface area (Å²) in [6, 6.07) is 17.0. The standard InChI is InChI=1S/C31H34F3N3O4/c1-39-24-6-4-5-23(18-24)36-13-14-37-26-9-8-22(31(32,33)34)16-21(26)17-25(27(37)19-36)30(38)35-12-11-20-7-10-28(40-2)29(15-20)41-3/h4-10,15-16,18,25,27H,11-14,17,19H2,1-3H3,(H,35,38). The third-order valence-electron chi connectivity index (χ3n) is 7.96. The Morgan fingerprint density at radius 3 is 2.49 bits per heavy atom. The lowest BCUT2D eigenvalue weighted by molar-refractivity contribution is -0.137. The second kappa shape index (κ2) is 11.8. The molecule has 3 aromatic carbocycles. The number of carbonyl (C=O) groups is 1. The summed E-state index contributed by atoms with van der Waals surface area (Å²) in [4.78, 5) is 18.0. The molecule has 0 spiro atoms. The molecule has 0 radical (unpaired) electrons. The van der Waals surface area contributed by atoms with Crippen LogP contribution in [-0.2, 0) is 23.8 Å². The maximum atomic E-state index is 13.7. The van der Waals surface area contributed by atoms with E-state index in [0.29, 0.717) is 49.7 Å². The molecule has 1 N–H and O–H groups in total. The second-order valence-corrected chi connectivity index (χ2v) is 10.3. The van der Waals surface area contributed by atoms with Crippen LogP contribution in [0.25, 0.3) is 0 Å².